The van der Waals surface area contributed by atoms with Crippen molar-refractivity contribution in [3.8, 4) is 11.3 Å². The van der Waals surface area contributed by atoms with Gasteiger partial charge in [0.1, 0.15) is 0 Å². The van der Waals surface area contributed by atoms with Gasteiger partial charge in [-0.05, 0) is 31.5 Å². The Kier molecular flexibility index (Phi) is 2.07. The lowest BCUT2D eigenvalue weighted by Crippen LogP contribution is -2.12. The number of aromatic nitrogens is 3. The largest absolute Gasteiger partial charge is 0.367 e. The Balaban J connectivity index is 1.87. The van der Waals surface area contributed by atoms with Crippen molar-refractivity contribution < 1.29 is 0 Å². The van der Waals surface area contributed by atoms with E-state index in [0.29, 0.717) is 6.04 Å². The number of nitrogens with one attached hydrogen (secondary N) is 3. The summed E-state index contributed by atoms with van der Waals surface area (Å²) in [6.07, 6.45) is 6.33. The Morgan fingerprint density at radius 2 is 2.40 bits per heavy atom. The predicted octanol–water partition coefficient (Wildman–Crippen LogP) is 1.83. The lowest BCUT2D eigenvalue weighted by atomic mass is 10.1. The number of aromatic amines is 2. The van der Waals surface area contributed by atoms with Gasteiger partial charge in [-0.25, -0.2) is 0 Å². The lowest BCUT2D eigenvalue weighted by molar-refractivity contribution is 0.625. The summed E-state index contributed by atoms with van der Waals surface area (Å²) < 4.78 is 0. The SMILES string of the molecule is c1cc(-c2cc(C3CCCN3)[nH]n2)c[nH]1. The maximum Gasteiger partial charge on any atom is 0.0939 e. The number of hydrogen-bond donors (Lipinski definition) is 3. The van der Waals surface area contributed by atoms with Gasteiger partial charge in [0.05, 0.1) is 11.4 Å². The minimum atomic E-state index is 0.463. The molecule has 4 heteroatoms. The maximum atomic E-state index is 4.32. The van der Waals surface area contributed by atoms with Gasteiger partial charge in [-0.1, -0.05) is 0 Å². The summed E-state index contributed by atoms with van der Waals surface area (Å²) in [7, 11) is 0. The van der Waals surface area contributed by atoms with E-state index < -0.39 is 0 Å². The molecular weight excluding hydrogens is 188 g/mol. The van der Waals surface area contributed by atoms with E-state index in [9.17, 15) is 0 Å². The first kappa shape index (κ1) is 8.73. The fourth-order valence-corrected chi connectivity index (χ4v) is 2.10. The number of rotatable bonds is 2. The Bertz CT molecular complexity index is 423. The highest BCUT2D eigenvalue weighted by Gasteiger charge is 2.18. The molecule has 1 atom stereocenters. The van der Waals surface area contributed by atoms with E-state index in [4.69, 9.17) is 0 Å². The van der Waals surface area contributed by atoms with Gasteiger partial charge in [0.15, 0.2) is 0 Å². The van der Waals surface area contributed by atoms with Crippen LogP contribution in [0.15, 0.2) is 24.5 Å². The van der Waals surface area contributed by atoms with E-state index in [2.05, 4.69) is 26.6 Å². The molecular formula is C11H14N4. The summed E-state index contributed by atoms with van der Waals surface area (Å²) in [6, 6.07) is 4.62. The zero-order chi connectivity index (χ0) is 10.1. The molecule has 78 valence electrons. The van der Waals surface area contributed by atoms with Gasteiger partial charge in [0.25, 0.3) is 0 Å². The van der Waals surface area contributed by atoms with Crippen LogP contribution in [-0.2, 0) is 0 Å². The fraction of sp³-hybridized carbons (Fsp3) is 0.364. The van der Waals surface area contributed by atoms with Crippen LogP contribution in [0.3, 0.4) is 0 Å². The molecule has 3 heterocycles. The number of nitrogens with zero attached hydrogens (tertiary/aromatic N) is 1. The molecule has 1 unspecified atom stereocenters. The van der Waals surface area contributed by atoms with Crippen molar-refractivity contribution in [2.24, 2.45) is 0 Å². The maximum absolute atomic E-state index is 4.32. The van der Waals surface area contributed by atoms with Gasteiger partial charge >= 0.3 is 0 Å². The van der Waals surface area contributed by atoms with Crippen LogP contribution < -0.4 is 5.32 Å². The molecule has 1 fully saturated rings. The summed E-state index contributed by atoms with van der Waals surface area (Å²) in [5, 5.41) is 10.9. The third-order valence-electron chi connectivity index (χ3n) is 2.93. The summed E-state index contributed by atoms with van der Waals surface area (Å²) >= 11 is 0. The van der Waals surface area contributed by atoms with E-state index in [-0.39, 0.29) is 0 Å². The third-order valence-corrected chi connectivity index (χ3v) is 2.93. The van der Waals surface area contributed by atoms with Crippen LogP contribution in [0.2, 0.25) is 0 Å². The van der Waals surface area contributed by atoms with Crippen molar-refractivity contribution in [2.45, 2.75) is 18.9 Å². The highest BCUT2D eigenvalue weighted by molar-refractivity contribution is 5.58. The average molecular weight is 202 g/mol. The van der Waals surface area contributed by atoms with Crippen molar-refractivity contribution in [3.05, 3.63) is 30.2 Å². The molecule has 0 saturated carbocycles. The normalized spacial score (nSPS) is 20.9. The first-order valence-electron chi connectivity index (χ1n) is 5.35. The molecule has 15 heavy (non-hydrogen) atoms. The smallest absolute Gasteiger partial charge is 0.0939 e. The molecule has 0 spiro atoms. The van der Waals surface area contributed by atoms with Crippen LogP contribution in [0.25, 0.3) is 11.3 Å². The van der Waals surface area contributed by atoms with Crippen LogP contribution in [0.5, 0.6) is 0 Å². The molecule has 1 saturated heterocycles. The zero-order valence-corrected chi connectivity index (χ0v) is 8.46. The number of H-pyrrole nitrogens is 2. The minimum Gasteiger partial charge on any atom is -0.367 e. The Morgan fingerprint density at radius 3 is 3.13 bits per heavy atom. The molecule has 0 radical (unpaired) electrons. The molecule has 0 aliphatic carbocycles. The summed E-state index contributed by atoms with van der Waals surface area (Å²) in [4.78, 5) is 3.04. The molecule has 3 rings (SSSR count). The van der Waals surface area contributed by atoms with Crippen LogP contribution in [0.1, 0.15) is 24.6 Å². The Hall–Kier alpha value is -1.55. The second-order valence-corrected chi connectivity index (χ2v) is 3.96. The van der Waals surface area contributed by atoms with Crippen LogP contribution in [-0.4, -0.2) is 21.7 Å². The lowest BCUT2D eigenvalue weighted by Gasteiger charge is -2.05. The van der Waals surface area contributed by atoms with E-state index in [1.54, 1.807) is 0 Å². The second-order valence-electron chi connectivity index (χ2n) is 3.96. The summed E-state index contributed by atoms with van der Waals surface area (Å²) in [5.41, 5.74) is 3.35. The molecule has 0 bridgehead atoms. The highest BCUT2D eigenvalue weighted by atomic mass is 15.1. The Labute approximate surface area is 88.1 Å². The second kappa shape index (κ2) is 3.55. The topological polar surface area (TPSA) is 56.5 Å². The highest BCUT2D eigenvalue weighted by Crippen LogP contribution is 2.24. The third kappa shape index (κ3) is 1.57. The minimum absolute atomic E-state index is 0.463. The van der Waals surface area contributed by atoms with Crippen LogP contribution >= 0.6 is 0 Å². The van der Waals surface area contributed by atoms with Gasteiger partial charge in [-0.2, -0.15) is 5.10 Å². The monoisotopic (exact) mass is 202 g/mol. The first-order valence-corrected chi connectivity index (χ1v) is 5.35. The van der Waals surface area contributed by atoms with Crippen molar-refractivity contribution in [1.82, 2.24) is 20.5 Å². The molecule has 1 aliphatic heterocycles. The van der Waals surface area contributed by atoms with Crippen LogP contribution in [0.4, 0.5) is 0 Å². The van der Waals surface area contributed by atoms with Gasteiger partial charge in [-0.15, -0.1) is 0 Å². The van der Waals surface area contributed by atoms with E-state index in [1.165, 1.54) is 18.5 Å². The van der Waals surface area contributed by atoms with Crippen molar-refractivity contribution in [1.29, 1.82) is 0 Å². The summed E-state index contributed by atoms with van der Waals surface area (Å²) in [5.74, 6) is 0. The molecule has 2 aromatic heterocycles. The van der Waals surface area contributed by atoms with E-state index in [0.717, 1.165) is 17.8 Å². The zero-order valence-electron chi connectivity index (χ0n) is 8.46. The molecule has 3 N–H and O–H groups in total. The van der Waals surface area contributed by atoms with Gasteiger partial charge in [-0.3, -0.25) is 5.10 Å². The molecule has 1 aliphatic rings. The van der Waals surface area contributed by atoms with Crippen molar-refractivity contribution >= 4 is 0 Å². The molecule has 4 nitrogen and oxygen atoms in total. The van der Waals surface area contributed by atoms with Crippen molar-refractivity contribution in [2.75, 3.05) is 6.54 Å². The van der Waals surface area contributed by atoms with Gasteiger partial charge < -0.3 is 10.3 Å². The summed E-state index contributed by atoms with van der Waals surface area (Å²) in [6.45, 7) is 1.11. The van der Waals surface area contributed by atoms with Crippen molar-refractivity contribution in [3.63, 3.8) is 0 Å². The average Bonchev–Trinajstić information content (AvgIpc) is 3.02. The van der Waals surface area contributed by atoms with Gasteiger partial charge in [0.2, 0.25) is 0 Å². The fourth-order valence-electron chi connectivity index (χ4n) is 2.10. The standard InChI is InChI=1S/C11H14N4/c1-2-9(13-4-1)11-6-10(14-15-11)8-3-5-12-7-8/h3,5-7,9,12-13H,1-2,4H2,(H,14,15). The molecule has 0 aromatic carbocycles. The quantitative estimate of drug-likeness (QED) is 0.695. The molecule has 2 aromatic rings. The first-order chi connectivity index (χ1) is 7.43. The van der Waals surface area contributed by atoms with Crippen LogP contribution in [0, 0.1) is 0 Å². The number of hydrogen-bond acceptors (Lipinski definition) is 2. The van der Waals surface area contributed by atoms with E-state index in [1.807, 2.05) is 18.5 Å². The predicted molar refractivity (Wildman–Crippen MR) is 58.4 cm³/mol. The molecule has 0 amide bonds. The van der Waals surface area contributed by atoms with E-state index >= 15 is 0 Å². The Morgan fingerprint density at radius 1 is 1.40 bits per heavy atom. The van der Waals surface area contributed by atoms with Gasteiger partial charge in [0, 0.05) is 24.0 Å².